The first-order valence-electron chi connectivity index (χ1n) is 8.57. The molecule has 3 rings (SSSR count). The molecule has 0 aliphatic rings. The number of aromatic amines is 1. The maximum absolute atomic E-state index is 13.1. The summed E-state index contributed by atoms with van der Waals surface area (Å²) < 4.78 is 39.3. The summed E-state index contributed by atoms with van der Waals surface area (Å²) in [6, 6.07) is 6.41. The van der Waals surface area contributed by atoms with E-state index in [9.17, 15) is 32.9 Å². The van der Waals surface area contributed by atoms with Crippen molar-refractivity contribution in [2.45, 2.75) is 25.6 Å². The smallest absolute Gasteiger partial charge is 0.341 e. The second kappa shape index (κ2) is 7.25. The number of halogens is 3. The second-order valence-corrected chi connectivity index (χ2v) is 7.01. The molecule has 0 aliphatic heterocycles. The highest BCUT2D eigenvalue weighted by Crippen LogP contribution is 2.36. The Hall–Kier alpha value is -3.76. The highest BCUT2D eigenvalue weighted by molar-refractivity contribution is 5.95. The number of H-pyrrole nitrogens is 1. The highest BCUT2D eigenvalue weighted by atomic mass is 19.4. The number of amides is 1. The van der Waals surface area contributed by atoms with Gasteiger partial charge in [-0.2, -0.15) is 13.2 Å². The monoisotopic (exact) mass is 420 g/mol. The predicted octanol–water partition coefficient (Wildman–Crippen LogP) is 3.52. The number of hydrogen-bond acceptors (Lipinski definition) is 5. The average molecular weight is 420 g/mol. The molecule has 0 radical (unpaired) electrons. The van der Waals surface area contributed by atoms with Gasteiger partial charge in [-0.3, -0.25) is 19.7 Å². The number of nitrogens with one attached hydrogen (secondary N) is 2. The number of pyridine rings is 2. The molecule has 0 saturated carbocycles. The van der Waals surface area contributed by atoms with Crippen LogP contribution in [0.5, 0.6) is 0 Å². The topological polar surface area (TPSA) is 118 Å². The van der Waals surface area contributed by atoms with E-state index in [1.54, 1.807) is 6.07 Å². The second-order valence-electron chi connectivity index (χ2n) is 7.01. The fraction of sp³-hybridized carbons (Fsp3) is 0.211. The summed E-state index contributed by atoms with van der Waals surface area (Å²) in [4.78, 5) is 41.5. The Morgan fingerprint density at radius 2 is 1.87 bits per heavy atom. The number of carbonyl (C=O) groups is 1. The van der Waals surface area contributed by atoms with Crippen LogP contribution < -0.4 is 10.9 Å². The molecule has 0 aliphatic carbocycles. The predicted molar refractivity (Wildman–Crippen MR) is 101 cm³/mol. The van der Waals surface area contributed by atoms with Crippen molar-refractivity contribution in [2.75, 3.05) is 0 Å². The van der Waals surface area contributed by atoms with E-state index in [-0.39, 0.29) is 16.8 Å². The molecule has 0 unspecified atom stereocenters. The molecule has 2 heterocycles. The van der Waals surface area contributed by atoms with Gasteiger partial charge in [-0.1, -0.05) is 6.07 Å². The Morgan fingerprint density at radius 3 is 2.50 bits per heavy atom. The van der Waals surface area contributed by atoms with Gasteiger partial charge in [-0.25, -0.2) is 4.98 Å². The van der Waals surface area contributed by atoms with E-state index in [1.807, 2.05) is 0 Å². The van der Waals surface area contributed by atoms with Crippen LogP contribution in [-0.2, 0) is 11.7 Å². The van der Waals surface area contributed by atoms with E-state index in [4.69, 9.17) is 0 Å². The summed E-state index contributed by atoms with van der Waals surface area (Å²) in [6.45, 7) is 2.67. The zero-order valence-corrected chi connectivity index (χ0v) is 15.7. The van der Waals surface area contributed by atoms with E-state index >= 15 is 0 Å². The first kappa shape index (κ1) is 21.0. The molecule has 0 fully saturated rings. The van der Waals surface area contributed by atoms with Gasteiger partial charge in [0.15, 0.2) is 0 Å². The summed E-state index contributed by atoms with van der Waals surface area (Å²) in [5.41, 5.74) is -4.21. The minimum absolute atomic E-state index is 0.00741. The molecule has 2 aromatic heterocycles. The number of fused-ring (bicyclic) bond motifs is 1. The van der Waals surface area contributed by atoms with Gasteiger partial charge in [-0.05, 0) is 38.1 Å². The molecule has 156 valence electrons. The van der Waals surface area contributed by atoms with E-state index in [2.05, 4.69) is 15.3 Å². The van der Waals surface area contributed by atoms with E-state index in [0.29, 0.717) is 17.5 Å². The Balaban J connectivity index is 2.02. The van der Waals surface area contributed by atoms with Crippen LogP contribution in [0.3, 0.4) is 0 Å². The highest BCUT2D eigenvalue weighted by Gasteiger charge is 2.37. The first-order chi connectivity index (χ1) is 13.9. The minimum atomic E-state index is -4.72. The number of benzene rings is 1. The number of alkyl halides is 3. The van der Waals surface area contributed by atoms with Crippen molar-refractivity contribution in [3.63, 3.8) is 0 Å². The molecule has 0 saturated heterocycles. The molecule has 30 heavy (non-hydrogen) atoms. The normalized spacial score (nSPS) is 12.0. The number of nitro groups is 1. The fourth-order valence-electron chi connectivity index (χ4n) is 2.98. The molecule has 0 spiro atoms. The van der Waals surface area contributed by atoms with Crippen LogP contribution in [0.15, 0.2) is 47.4 Å². The van der Waals surface area contributed by atoms with Gasteiger partial charge in [0.05, 0.1) is 21.6 Å². The average Bonchev–Trinajstić information content (AvgIpc) is 2.66. The van der Waals surface area contributed by atoms with Crippen LogP contribution in [0.2, 0.25) is 0 Å². The van der Waals surface area contributed by atoms with Gasteiger partial charge in [-0.15, -0.1) is 0 Å². The molecular formula is C19H15F3N4O4. The molecule has 1 amide bonds. The summed E-state index contributed by atoms with van der Waals surface area (Å²) in [6.07, 6.45) is -3.30. The van der Waals surface area contributed by atoms with Gasteiger partial charge >= 0.3 is 6.18 Å². The lowest BCUT2D eigenvalue weighted by Gasteiger charge is -2.27. The zero-order valence-electron chi connectivity index (χ0n) is 15.7. The standard InChI is InChI=1S/C19H15F3N4O4/c1-18(2,12-9-11(19(20,21)22)4-6-14(12)26(29)30)25-16(27)13-5-3-10-7-8-23-17(28)15(10)24-13/h3-9H,1-2H3,(H,23,28)(H,25,27). The van der Waals surface area contributed by atoms with Crippen molar-refractivity contribution < 1.29 is 22.9 Å². The fourth-order valence-corrected chi connectivity index (χ4v) is 2.98. The maximum Gasteiger partial charge on any atom is 0.416 e. The van der Waals surface area contributed by atoms with Crippen molar-refractivity contribution in [2.24, 2.45) is 0 Å². The number of nitrogens with zero attached hydrogens (tertiary/aromatic N) is 2. The Kier molecular flexibility index (Phi) is 5.06. The van der Waals surface area contributed by atoms with Crippen molar-refractivity contribution >= 4 is 22.5 Å². The quantitative estimate of drug-likeness (QED) is 0.495. The molecule has 3 aromatic rings. The molecular weight excluding hydrogens is 405 g/mol. The van der Waals surface area contributed by atoms with Crippen molar-refractivity contribution in [1.29, 1.82) is 0 Å². The first-order valence-corrected chi connectivity index (χ1v) is 8.57. The van der Waals surface area contributed by atoms with Crippen LogP contribution in [0.4, 0.5) is 18.9 Å². The lowest BCUT2D eigenvalue weighted by Crippen LogP contribution is -2.42. The minimum Gasteiger partial charge on any atom is -0.341 e. The molecule has 11 heteroatoms. The number of rotatable bonds is 4. The van der Waals surface area contributed by atoms with Crippen LogP contribution in [0, 0.1) is 10.1 Å². The van der Waals surface area contributed by atoms with Gasteiger partial charge in [0, 0.05) is 17.6 Å². The largest absolute Gasteiger partial charge is 0.416 e. The van der Waals surface area contributed by atoms with Crippen LogP contribution >= 0.6 is 0 Å². The Morgan fingerprint density at radius 1 is 1.17 bits per heavy atom. The van der Waals surface area contributed by atoms with Crippen molar-refractivity contribution in [3.8, 4) is 0 Å². The van der Waals surface area contributed by atoms with Crippen LogP contribution in [-0.4, -0.2) is 20.8 Å². The third-order valence-corrected chi connectivity index (χ3v) is 4.47. The number of aromatic nitrogens is 2. The number of hydrogen-bond donors (Lipinski definition) is 2. The van der Waals surface area contributed by atoms with E-state index in [0.717, 1.165) is 6.07 Å². The van der Waals surface area contributed by atoms with E-state index < -0.39 is 39.4 Å². The maximum atomic E-state index is 13.1. The number of nitro benzene ring substituents is 1. The molecule has 0 bridgehead atoms. The summed E-state index contributed by atoms with van der Waals surface area (Å²) >= 11 is 0. The Bertz CT molecular complexity index is 1220. The molecule has 1 aromatic carbocycles. The van der Waals surface area contributed by atoms with Crippen LogP contribution in [0.25, 0.3) is 10.9 Å². The summed E-state index contributed by atoms with van der Waals surface area (Å²) in [5.74, 6) is -0.808. The van der Waals surface area contributed by atoms with Crippen molar-refractivity contribution in [3.05, 3.63) is 79.9 Å². The lowest BCUT2D eigenvalue weighted by atomic mass is 9.90. The molecule has 0 atom stereocenters. The third kappa shape index (κ3) is 4.00. The zero-order chi connectivity index (χ0) is 22.3. The van der Waals surface area contributed by atoms with Gasteiger partial charge in [0.2, 0.25) is 0 Å². The SMILES string of the molecule is CC(C)(NC(=O)c1ccc2cc[nH]c(=O)c2n1)c1cc(C(F)(F)F)ccc1[N+](=O)[O-]. The molecule has 2 N–H and O–H groups in total. The number of carbonyl (C=O) groups excluding carboxylic acids is 1. The van der Waals surface area contributed by atoms with E-state index in [1.165, 1.54) is 32.2 Å². The summed E-state index contributed by atoms with van der Waals surface area (Å²) in [7, 11) is 0. The summed E-state index contributed by atoms with van der Waals surface area (Å²) in [5, 5.41) is 14.3. The van der Waals surface area contributed by atoms with Gasteiger partial charge in [0.25, 0.3) is 17.2 Å². The van der Waals surface area contributed by atoms with Gasteiger partial charge < -0.3 is 10.3 Å². The van der Waals surface area contributed by atoms with Crippen molar-refractivity contribution in [1.82, 2.24) is 15.3 Å². The third-order valence-electron chi connectivity index (χ3n) is 4.47. The van der Waals surface area contributed by atoms with Gasteiger partial charge in [0.1, 0.15) is 11.2 Å². The molecule has 8 nitrogen and oxygen atoms in total. The lowest BCUT2D eigenvalue weighted by molar-refractivity contribution is -0.386. The van der Waals surface area contributed by atoms with Crippen LogP contribution in [0.1, 0.15) is 35.5 Å². The Labute approximate surface area is 166 Å².